The summed E-state index contributed by atoms with van der Waals surface area (Å²) in [5.41, 5.74) is 1.18. The number of hydrogen-bond acceptors (Lipinski definition) is 2. The Morgan fingerprint density at radius 2 is 1.13 bits per heavy atom. The highest BCUT2D eigenvalue weighted by molar-refractivity contribution is 5.05. The van der Waals surface area contributed by atoms with Crippen LogP contribution >= 0.6 is 0 Å². The average Bonchev–Trinajstić information content (AvgIpc) is 3.25. The normalized spacial score (nSPS) is 12.5. The Labute approximate surface area is 195 Å². The third kappa shape index (κ3) is 16.5. The molecule has 0 amide bonds. The Hall–Kier alpha value is -0.830. The van der Waals surface area contributed by atoms with E-state index in [1.807, 2.05) is 0 Å². The van der Waals surface area contributed by atoms with E-state index < -0.39 is 0 Å². The molecule has 0 saturated carbocycles. The number of rotatable bonds is 23. The minimum Gasteiger partial charge on any atom is -0.348 e. The Morgan fingerprint density at radius 1 is 0.677 bits per heavy atom. The zero-order chi connectivity index (χ0) is 22.4. The highest BCUT2D eigenvalue weighted by atomic mass is 15.0. The molecule has 1 unspecified atom stereocenters. The molecule has 3 nitrogen and oxygen atoms in total. The van der Waals surface area contributed by atoms with Gasteiger partial charge in [0.15, 0.2) is 0 Å². The number of nitrogens with one attached hydrogen (secondary N) is 2. The van der Waals surface area contributed by atoms with Gasteiger partial charge in [0.2, 0.25) is 0 Å². The van der Waals surface area contributed by atoms with Gasteiger partial charge in [0.1, 0.15) is 5.82 Å². The third-order valence-corrected chi connectivity index (χ3v) is 6.59. The molecule has 0 saturated heterocycles. The van der Waals surface area contributed by atoms with Gasteiger partial charge >= 0.3 is 0 Å². The van der Waals surface area contributed by atoms with Crippen LogP contribution in [0.25, 0.3) is 0 Å². The van der Waals surface area contributed by atoms with Gasteiger partial charge in [-0.1, -0.05) is 123 Å². The SMILES string of the molecule is CCCCCCCCCCCCNC(C)c1c[nH]c(CCCCCCCCCCC)n1. The zero-order valence-corrected chi connectivity index (χ0v) is 21.5. The molecule has 0 aliphatic carbocycles. The molecule has 0 aliphatic rings. The zero-order valence-electron chi connectivity index (χ0n) is 21.5. The van der Waals surface area contributed by atoms with Gasteiger partial charge in [-0.15, -0.1) is 0 Å². The van der Waals surface area contributed by atoms with Gasteiger partial charge in [-0.25, -0.2) is 4.98 Å². The number of imidazole rings is 1. The summed E-state index contributed by atoms with van der Waals surface area (Å²) < 4.78 is 0. The number of H-pyrrole nitrogens is 1. The van der Waals surface area contributed by atoms with E-state index in [1.165, 1.54) is 134 Å². The lowest BCUT2D eigenvalue weighted by molar-refractivity contribution is 0.513. The van der Waals surface area contributed by atoms with Gasteiger partial charge in [-0.05, 0) is 26.3 Å². The van der Waals surface area contributed by atoms with Gasteiger partial charge in [0.05, 0.1) is 5.69 Å². The maximum atomic E-state index is 4.83. The van der Waals surface area contributed by atoms with Crippen LogP contribution in [0.4, 0.5) is 0 Å². The molecular weight excluding hydrogens is 378 g/mol. The molecule has 1 aromatic heterocycles. The van der Waals surface area contributed by atoms with Crippen molar-refractivity contribution in [2.24, 2.45) is 0 Å². The maximum absolute atomic E-state index is 4.83. The molecule has 1 aromatic rings. The van der Waals surface area contributed by atoms with Crippen molar-refractivity contribution < 1.29 is 0 Å². The van der Waals surface area contributed by atoms with Crippen LogP contribution < -0.4 is 5.32 Å². The Morgan fingerprint density at radius 3 is 1.65 bits per heavy atom. The molecule has 0 spiro atoms. The van der Waals surface area contributed by atoms with E-state index in [0.717, 1.165) is 13.0 Å². The van der Waals surface area contributed by atoms with Crippen molar-refractivity contribution in [3.63, 3.8) is 0 Å². The highest BCUT2D eigenvalue weighted by Crippen LogP contribution is 2.14. The van der Waals surface area contributed by atoms with Gasteiger partial charge in [0.25, 0.3) is 0 Å². The number of aromatic nitrogens is 2. The van der Waals surface area contributed by atoms with Crippen LogP contribution in [0.5, 0.6) is 0 Å². The molecule has 0 bridgehead atoms. The van der Waals surface area contributed by atoms with Crippen LogP contribution in [0.3, 0.4) is 0 Å². The third-order valence-electron chi connectivity index (χ3n) is 6.59. The summed E-state index contributed by atoms with van der Waals surface area (Å²) >= 11 is 0. The van der Waals surface area contributed by atoms with Gasteiger partial charge in [-0.2, -0.15) is 0 Å². The molecule has 1 heterocycles. The first-order chi connectivity index (χ1) is 15.3. The number of aryl methyl sites for hydroxylation is 1. The van der Waals surface area contributed by atoms with Crippen molar-refractivity contribution in [1.29, 1.82) is 0 Å². The number of hydrogen-bond donors (Lipinski definition) is 2. The lowest BCUT2D eigenvalue weighted by atomic mass is 10.1. The van der Waals surface area contributed by atoms with E-state index in [1.54, 1.807) is 0 Å². The summed E-state index contributed by atoms with van der Waals surface area (Å²) in [6.07, 6.45) is 29.6. The second kappa shape index (κ2) is 21.0. The molecule has 0 radical (unpaired) electrons. The number of aromatic amines is 1. The van der Waals surface area contributed by atoms with Gasteiger partial charge in [-0.3, -0.25) is 0 Å². The topological polar surface area (TPSA) is 40.7 Å². The minimum absolute atomic E-state index is 0.353. The molecule has 3 heteroatoms. The average molecular weight is 434 g/mol. The van der Waals surface area contributed by atoms with Crippen LogP contribution in [0.15, 0.2) is 6.20 Å². The van der Waals surface area contributed by atoms with Crippen molar-refractivity contribution in [2.75, 3.05) is 6.54 Å². The van der Waals surface area contributed by atoms with Crippen LogP contribution in [0, 0.1) is 0 Å². The van der Waals surface area contributed by atoms with Crippen molar-refractivity contribution in [3.8, 4) is 0 Å². The summed E-state index contributed by atoms with van der Waals surface area (Å²) in [4.78, 5) is 8.23. The fourth-order valence-electron chi connectivity index (χ4n) is 4.37. The highest BCUT2D eigenvalue weighted by Gasteiger charge is 2.09. The Balaban J connectivity index is 1.95. The molecule has 1 atom stereocenters. The second-order valence-corrected chi connectivity index (χ2v) is 9.71. The summed E-state index contributed by atoms with van der Waals surface area (Å²) in [6.45, 7) is 7.93. The lowest BCUT2D eigenvalue weighted by Gasteiger charge is -2.11. The molecule has 182 valence electrons. The van der Waals surface area contributed by atoms with Crippen molar-refractivity contribution >= 4 is 0 Å². The molecule has 0 fully saturated rings. The van der Waals surface area contributed by atoms with Gasteiger partial charge in [0, 0.05) is 18.7 Å². The number of nitrogens with zero attached hydrogens (tertiary/aromatic N) is 1. The predicted octanol–water partition coefficient (Wildman–Crippen LogP) is 9.05. The van der Waals surface area contributed by atoms with E-state index >= 15 is 0 Å². The monoisotopic (exact) mass is 433 g/mol. The van der Waals surface area contributed by atoms with E-state index in [0.29, 0.717) is 6.04 Å². The van der Waals surface area contributed by atoms with Gasteiger partial charge < -0.3 is 10.3 Å². The van der Waals surface area contributed by atoms with E-state index in [9.17, 15) is 0 Å². The minimum atomic E-state index is 0.353. The first kappa shape index (κ1) is 28.2. The largest absolute Gasteiger partial charge is 0.348 e. The molecular formula is C28H55N3. The molecule has 1 rings (SSSR count). The summed E-state index contributed by atoms with van der Waals surface area (Å²) in [5.74, 6) is 1.17. The van der Waals surface area contributed by atoms with Crippen molar-refractivity contribution in [2.45, 2.75) is 155 Å². The van der Waals surface area contributed by atoms with Crippen molar-refractivity contribution in [1.82, 2.24) is 15.3 Å². The van der Waals surface area contributed by atoms with E-state index in [2.05, 4.69) is 37.3 Å². The molecule has 31 heavy (non-hydrogen) atoms. The van der Waals surface area contributed by atoms with Crippen LogP contribution in [-0.2, 0) is 6.42 Å². The predicted molar refractivity (Wildman–Crippen MR) is 138 cm³/mol. The fourth-order valence-corrected chi connectivity index (χ4v) is 4.37. The summed E-state index contributed by atoms with van der Waals surface area (Å²) in [5, 5.41) is 3.66. The molecule has 2 N–H and O–H groups in total. The first-order valence-corrected chi connectivity index (χ1v) is 14.1. The Kier molecular flexibility index (Phi) is 19.1. The first-order valence-electron chi connectivity index (χ1n) is 14.1. The smallest absolute Gasteiger partial charge is 0.106 e. The van der Waals surface area contributed by atoms with Crippen LogP contribution in [0.1, 0.15) is 160 Å². The molecule has 0 aliphatic heterocycles. The fraction of sp³-hybridized carbons (Fsp3) is 0.893. The van der Waals surface area contributed by atoms with E-state index in [4.69, 9.17) is 4.98 Å². The lowest BCUT2D eigenvalue weighted by Crippen LogP contribution is -2.20. The molecule has 0 aromatic carbocycles. The van der Waals surface area contributed by atoms with Crippen LogP contribution in [0.2, 0.25) is 0 Å². The maximum Gasteiger partial charge on any atom is 0.106 e. The summed E-state index contributed by atoms with van der Waals surface area (Å²) in [7, 11) is 0. The standard InChI is InChI=1S/C28H55N3/c1-4-6-8-10-12-14-16-18-20-22-24-29-26(3)27-25-30-28(31-27)23-21-19-17-15-13-11-9-7-5-2/h25-26,29H,4-24H2,1-3H3,(H,30,31). The van der Waals surface area contributed by atoms with Crippen molar-refractivity contribution in [3.05, 3.63) is 17.7 Å². The quantitative estimate of drug-likeness (QED) is 0.169. The Bertz CT molecular complexity index is 482. The second-order valence-electron chi connectivity index (χ2n) is 9.71. The van der Waals surface area contributed by atoms with E-state index in [-0.39, 0.29) is 0 Å². The summed E-state index contributed by atoms with van der Waals surface area (Å²) in [6, 6.07) is 0.353. The number of unbranched alkanes of at least 4 members (excludes halogenated alkanes) is 17. The van der Waals surface area contributed by atoms with Crippen LogP contribution in [-0.4, -0.2) is 16.5 Å².